The zero-order chi connectivity index (χ0) is 9.10. The van der Waals surface area contributed by atoms with E-state index in [1.807, 2.05) is 0 Å². The molecule has 0 spiro atoms. The highest BCUT2D eigenvalue weighted by Gasteiger charge is 2.23. The van der Waals surface area contributed by atoms with Gasteiger partial charge in [-0.25, -0.2) is 0 Å². The molecule has 0 saturated heterocycles. The minimum absolute atomic E-state index is 0.510. The van der Waals surface area contributed by atoms with Gasteiger partial charge in [0, 0.05) is 0 Å². The van der Waals surface area contributed by atoms with Crippen molar-refractivity contribution in [3.63, 3.8) is 0 Å². The van der Waals surface area contributed by atoms with Crippen LogP contribution in [0.15, 0.2) is 30.3 Å². The Morgan fingerprint density at radius 2 is 1.54 bits per heavy atom. The lowest BCUT2D eigenvalue weighted by atomic mass is 9.87. The molecule has 1 aliphatic rings. The Bertz CT molecular complexity index is 244. The molecule has 0 bridgehead atoms. The van der Waals surface area contributed by atoms with Gasteiger partial charge < -0.3 is 0 Å². The van der Waals surface area contributed by atoms with E-state index < -0.39 is 0 Å². The number of benzene rings is 1. The average Bonchev–Trinajstić information content (AvgIpc) is 2.71. The van der Waals surface area contributed by atoms with Crippen LogP contribution in [0.1, 0.15) is 18.4 Å². The highest BCUT2D eigenvalue weighted by atomic mass is 14.3. The van der Waals surface area contributed by atoms with Gasteiger partial charge in [-0.2, -0.15) is 0 Å². The average molecular weight is 169 g/mol. The fourth-order valence-electron chi connectivity index (χ4n) is 1.61. The highest BCUT2D eigenvalue weighted by Crippen LogP contribution is 2.36. The van der Waals surface area contributed by atoms with Crippen molar-refractivity contribution in [3.05, 3.63) is 67.5 Å². The second-order valence-electron chi connectivity index (χ2n) is 3.35. The molecule has 13 heavy (non-hydrogen) atoms. The summed E-state index contributed by atoms with van der Waals surface area (Å²) in [4.78, 5) is 0. The van der Waals surface area contributed by atoms with Crippen LogP contribution < -0.4 is 0 Å². The van der Waals surface area contributed by atoms with Crippen LogP contribution in [0.5, 0.6) is 0 Å². The Morgan fingerprint density at radius 3 is 2.15 bits per heavy atom. The molecular weight excluding hydrogens is 156 g/mol. The summed E-state index contributed by atoms with van der Waals surface area (Å²) in [7, 11) is 0. The summed E-state index contributed by atoms with van der Waals surface area (Å²) in [6.07, 6.45) is 8.54. The van der Waals surface area contributed by atoms with Crippen LogP contribution in [0.2, 0.25) is 0 Å². The van der Waals surface area contributed by atoms with E-state index in [2.05, 4.69) is 62.9 Å². The molecule has 0 aromatic heterocycles. The van der Waals surface area contributed by atoms with Crippen LogP contribution in [0.25, 0.3) is 0 Å². The van der Waals surface area contributed by atoms with Crippen molar-refractivity contribution in [2.75, 3.05) is 0 Å². The fourth-order valence-corrected chi connectivity index (χ4v) is 1.61. The minimum atomic E-state index is 0.510. The van der Waals surface area contributed by atoms with E-state index in [1.54, 1.807) is 0 Å². The zero-order valence-corrected chi connectivity index (χ0v) is 7.77. The van der Waals surface area contributed by atoms with Crippen LogP contribution in [0, 0.1) is 31.6 Å². The van der Waals surface area contributed by atoms with Crippen molar-refractivity contribution in [2.24, 2.45) is 0 Å². The van der Waals surface area contributed by atoms with Crippen molar-refractivity contribution < 1.29 is 0 Å². The van der Waals surface area contributed by atoms with E-state index in [9.17, 15) is 0 Å². The van der Waals surface area contributed by atoms with Gasteiger partial charge in [-0.1, -0.05) is 37.3 Å². The van der Waals surface area contributed by atoms with Gasteiger partial charge in [0.15, 0.2) is 0 Å². The number of rotatable bonds is 2. The van der Waals surface area contributed by atoms with Crippen molar-refractivity contribution in [1.29, 1.82) is 0 Å². The lowest BCUT2D eigenvalue weighted by Gasteiger charge is -2.17. The summed E-state index contributed by atoms with van der Waals surface area (Å²) in [6, 6.07) is 10.6. The SMILES string of the molecule is CC([C]1[CH][CH][CH][CH]1)c1ccccc1. The Morgan fingerprint density at radius 1 is 0.923 bits per heavy atom. The molecule has 0 N–H and O–H groups in total. The van der Waals surface area contributed by atoms with Crippen molar-refractivity contribution in [3.8, 4) is 0 Å². The Kier molecular flexibility index (Phi) is 2.68. The maximum absolute atomic E-state index is 2.24. The Balaban J connectivity index is 2.08. The summed E-state index contributed by atoms with van der Waals surface area (Å²) in [5.41, 5.74) is 1.38. The van der Waals surface area contributed by atoms with Crippen LogP contribution in [0.3, 0.4) is 0 Å². The van der Waals surface area contributed by atoms with Crippen LogP contribution in [0.4, 0.5) is 0 Å². The molecule has 1 fully saturated rings. The molecule has 0 amide bonds. The van der Waals surface area contributed by atoms with E-state index in [-0.39, 0.29) is 0 Å². The van der Waals surface area contributed by atoms with Gasteiger partial charge >= 0.3 is 0 Å². The molecule has 0 nitrogen and oxygen atoms in total. The molecule has 1 aliphatic carbocycles. The molecule has 0 heteroatoms. The first-order valence-corrected chi connectivity index (χ1v) is 4.64. The van der Waals surface area contributed by atoms with Crippen molar-refractivity contribution in [2.45, 2.75) is 12.8 Å². The molecule has 1 saturated carbocycles. The molecule has 1 atom stereocenters. The molecule has 1 aromatic rings. The summed E-state index contributed by atoms with van der Waals surface area (Å²) in [5.74, 6) is 1.91. The first kappa shape index (κ1) is 8.80. The third-order valence-corrected chi connectivity index (χ3v) is 2.49. The maximum Gasteiger partial charge on any atom is -0.00953 e. The van der Waals surface area contributed by atoms with Crippen LogP contribution in [-0.4, -0.2) is 0 Å². The topological polar surface area (TPSA) is 0 Å². The molecule has 65 valence electrons. The fraction of sp³-hybridized carbons (Fsp3) is 0.154. The predicted octanol–water partition coefficient (Wildman–Crippen LogP) is 3.20. The smallest absolute Gasteiger partial charge is 0.00953 e. The molecule has 1 aromatic carbocycles. The largest absolute Gasteiger partial charge is 0.0622 e. The first-order valence-electron chi connectivity index (χ1n) is 4.64. The monoisotopic (exact) mass is 169 g/mol. The van der Waals surface area contributed by atoms with Crippen molar-refractivity contribution >= 4 is 0 Å². The molecule has 0 heterocycles. The van der Waals surface area contributed by atoms with Gasteiger partial charge in [0.2, 0.25) is 0 Å². The Labute approximate surface area is 81.0 Å². The second kappa shape index (κ2) is 3.95. The maximum atomic E-state index is 2.24. The molecular formula is C13H13. The normalized spacial score (nSPS) is 20.4. The lowest BCUT2D eigenvalue weighted by Crippen LogP contribution is -2.04. The Hall–Kier alpha value is -0.780. The van der Waals surface area contributed by atoms with Gasteiger partial charge in [0.05, 0.1) is 0 Å². The van der Waals surface area contributed by atoms with Gasteiger partial charge in [-0.05, 0) is 43.1 Å². The molecule has 0 aliphatic heterocycles. The third-order valence-electron chi connectivity index (χ3n) is 2.49. The third kappa shape index (κ3) is 1.93. The minimum Gasteiger partial charge on any atom is -0.0622 e. The quantitative estimate of drug-likeness (QED) is 0.637. The van der Waals surface area contributed by atoms with E-state index in [1.165, 1.54) is 11.5 Å². The van der Waals surface area contributed by atoms with Gasteiger partial charge in [0.1, 0.15) is 0 Å². The molecule has 1 unspecified atom stereocenters. The summed E-state index contributed by atoms with van der Waals surface area (Å²) < 4.78 is 0. The summed E-state index contributed by atoms with van der Waals surface area (Å²) in [5, 5.41) is 0. The summed E-state index contributed by atoms with van der Waals surface area (Å²) >= 11 is 0. The van der Waals surface area contributed by atoms with Gasteiger partial charge in [0.25, 0.3) is 0 Å². The van der Waals surface area contributed by atoms with E-state index in [0.717, 1.165) is 0 Å². The van der Waals surface area contributed by atoms with E-state index in [4.69, 9.17) is 0 Å². The summed E-state index contributed by atoms with van der Waals surface area (Å²) in [6.45, 7) is 2.24. The zero-order valence-electron chi connectivity index (χ0n) is 7.77. The number of hydrogen-bond donors (Lipinski definition) is 0. The number of hydrogen-bond acceptors (Lipinski definition) is 0. The standard InChI is InChI=1S/C13H13/c1-11(13-9-5-6-10-13)12-7-3-2-4-8-12/h2-11H,1H3. The van der Waals surface area contributed by atoms with Gasteiger partial charge in [-0.15, -0.1) is 0 Å². The predicted molar refractivity (Wildman–Crippen MR) is 55.3 cm³/mol. The van der Waals surface area contributed by atoms with E-state index in [0.29, 0.717) is 5.92 Å². The molecule has 2 rings (SSSR count). The highest BCUT2D eigenvalue weighted by molar-refractivity contribution is 5.42. The second-order valence-corrected chi connectivity index (χ2v) is 3.35. The first-order chi connectivity index (χ1) is 6.38. The van der Waals surface area contributed by atoms with E-state index >= 15 is 0 Å². The molecule has 5 radical (unpaired) electrons. The van der Waals surface area contributed by atoms with Crippen LogP contribution in [-0.2, 0) is 0 Å². The van der Waals surface area contributed by atoms with Crippen LogP contribution >= 0.6 is 0 Å². The van der Waals surface area contributed by atoms with Gasteiger partial charge in [-0.3, -0.25) is 0 Å². The van der Waals surface area contributed by atoms with Crippen molar-refractivity contribution in [1.82, 2.24) is 0 Å². The lowest BCUT2D eigenvalue weighted by molar-refractivity contribution is 0.827.